The van der Waals surface area contributed by atoms with E-state index in [4.69, 9.17) is 26.8 Å². The van der Waals surface area contributed by atoms with E-state index in [1.807, 2.05) is 50.2 Å². The Labute approximate surface area is 143 Å². The van der Waals surface area contributed by atoms with Gasteiger partial charge in [0.2, 0.25) is 0 Å². The fraction of sp³-hybridized carbons (Fsp3) is 0.368. The molecule has 0 saturated heterocycles. The predicted molar refractivity (Wildman–Crippen MR) is 95.7 cm³/mol. The standard InChI is InChI=1S/C19H24ClNO2/c1-13(2)23-19-8-7-14(10-18(19)20)9-16(12-21)15-5-4-6-17(11-15)22-3/h4-8,10-11,13,16H,9,12,21H2,1-3H3. The molecule has 2 aromatic rings. The average molecular weight is 334 g/mol. The molecule has 0 bridgehead atoms. The molecule has 3 nitrogen and oxygen atoms in total. The minimum atomic E-state index is 0.104. The molecule has 0 amide bonds. The van der Waals surface area contributed by atoms with Crippen molar-refractivity contribution in [2.75, 3.05) is 13.7 Å². The molecule has 124 valence electrons. The normalized spacial score (nSPS) is 12.3. The van der Waals surface area contributed by atoms with Crippen LogP contribution in [0, 0.1) is 0 Å². The second-order valence-corrected chi connectivity index (χ2v) is 6.25. The molecule has 0 aliphatic carbocycles. The van der Waals surface area contributed by atoms with Gasteiger partial charge in [-0.3, -0.25) is 0 Å². The molecule has 1 atom stereocenters. The molecular weight excluding hydrogens is 310 g/mol. The summed E-state index contributed by atoms with van der Waals surface area (Å²) in [6, 6.07) is 14.0. The zero-order valence-electron chi connectivity index (χ0n) is 13.9. The van der Waals surface area contributed by atoms with Crippen LogP contribution in [0.1, 0.15) is 30.9 Å². The molecule has 0 radical (unpaired) electrons. The maximum Gasteiger partial charge on any atom is 0.138 e. The SMILES string of the molecule is COc1cccc(C(CN)Cc2ccc(OC(C)C)c(Cl)c2)c1. The van der Waals surface area contributed by atoms with Crippen LogP contribution in [0.5, 0.6) is 11.5 Å². The summed E-state index contributed by atoms with van der Waals surface area (Å²) < 4.78 is 11.0. The Kier molecular flexibility index (Phi) is 6.31. The molecule has 2 N–H and O–H groups in total. The van der Waals surface area contributed by atoms with Crippen LogP contribution in [0.3, 0.4) is 0 Å². The van der Waals surface area contributed by atoms with Crippen molar-refractivity contribution in [1.29, 1.82) is 0 Å². The number of halogens is 1. The summed E-state index contributed by atoms with van der Waals surface area (Å²) in [5, 5.41) is 0.637. The van der Waals surface area contributed by atoms with Gasteiger partial charge in [0.15, 0.2) is 0 Å². The number of rotatable bonds is 7. The van der Waals surface area contributed by atoms with Crippen molar-refractivity contribution in [2.24, 2.45) is 5.73 Å². The fourth-order valence-corrected chi connectivity index (χ4v) is 2.79. The monoisotopic (exact) mass is 333 g/mol. The molecule has 0 saturated carbocycles. The van der Waals surface area contributed by atoms with Crippen molar-refractivity contribution in [3.05, 3.63) is 58.6 Å². The highest BCUT2D eigenvalue weighted by Crippen LogP contribution is 2.29. The smallest absolute Gasteiger partial charge is 0.138 e. The first-order chi connectivity index (χ1) is 11.0. The summed E-state index contributed by atoms with van der Waals surface area (Å²) in [6.07, 6.45) is 0.928. The molecule has 0 aliphatic rings. The van der Waals surface area contributed by atoms with Crippen LogP contribution in [0.15, 0.2) is 42.5 Å². The minimum absolute atomic E-state index is 0.104. The molecule has 2 aromatic carbocycles. The Hall–Kier alpha value is -1.71. The lowest BCUT2D eigenvalue weighted by molar-refractivity contribution is 0.242. The van der Waals surface area contributed by atoms with Crippen molar-refractivity contribution in [3.8, 4) is 11.5 Å². The maximum atomic E-state index is 6.32. The van der Waals surface area contributed by atoms with Crippen molar-refractivity contribution in [2.45, 2.75) is 32.3 Å². The number of ether oxygens (including phenoxy) is 2. The first kappa shape index (κ1) is 17.6. The van der Waals surface area contributed by atoms with Gasteiger partial charge in [0.25, 0.3) is 0 Å². The molecule has 23 heavy (non-hydrogen) atoms. The van der Waals surface area contributed by atoms with E-state index < -0.39 is 0 Å². The van der Waals surface area contributed by atoms with Crippen molar-refractivity contribution in [3.63, 3.8) is 0 Å². The highest BCUT2D eigenvalue weighted by atomic mass is 35.5. The van der Waals surface area contributed by atoms with Gasteiger partial charge in [0, 0.05) is 5.92 Å². The average Bonchev–Trinajstić information content (AvgIpc) is 2.54. The predicted octanol–water partition coefficient (Wildman–Crippen LogP) is 4.42. The first-order valence-electron chi connectivity index (χ1n) is 7.82. The highest BCUT2D eigenvalue weighted by Gasteiger charge is 2.13. The third kappa shape index (κ3) is 4.88. The Morgan fingerprint density at radius 3 is 2.52 bits per heavy atom. The summed E-state index contributed by atoms with van der Waals surface area (Å²) in [5.41, 5.74) is 8.29. The highest BCUT2D eigenvalue weighted by molar-refractivity contribution is 6.32. The van der Waals surface area contributed by atoms with E-state index in [-0.39, 0.29) is 12.0 Å². The molecule has 0 aliphatic heterocycles. The lowest BCUT2D eigenvalue weighted by Gasteiger charge is -2.17. The number of benzene rings is 2. The lowest BCUT2D eigenvalue weighted by Crippen LogP contribution is -2.15. The van der Waals surface area contributed by atoms with Crippen LogP contribution in [-0.4, -0.2) is 19.8 Å². The Morgan fingerprint density at radius 1 is 1.13 bits per heavy atom. The third-order valence-electron chi connectivity index (χ3n) is 3.69. The number of hydrogen-bond donors (Lipinski definition) is 1. The van der Waals surface area contributed by atoms with Crippen LogP contribution in [-0.2, 0) is 6.42 Å². The number of nitrogens with two attached hydrogens (primary N) is 1. The van der Waals surface area contributed by atoms with Gasteiger partial charge in [0.1, 0.15) is 11.5 Å². The van der Waals surface area contributed by atoms with Gasteiger partial charge in [-0.2, -0.15) is 0 Å². The van der Waals surface area contributed by atoms with Crippen molar-refractivity contribution >= 4 is 11.6 Å². The first-order valence-corrected chi connectivity index (χ1v) is 8.20. The van der Waals surface area contributed by atoms with Crippen LogP contribution in [0.4, 0.5) is 0 Å². The minimum Gasteiger partial charge on any atom is -0.497 e. The van der Waals surface area contributed by atoms with Gasteiger partial charge >= 0.3 is 0 Å². The second-order valence-electron chi connectivity index (χ2n) is 5.84. The van der Waals surface area contributed by atoms with E-state index in [0.29, 0.717) is 11.6 Å². The second kappa shape index (κ2) is 8.23. The van der Waals surface area contributed by atoms with Crippen molar-refractivity contribution < 1.29 is 9.47 Å². The number of hydrogen-bond acceptors (Lipinski definition) is 3. The van der Waals surface area contributed by atoms with E-state index >= 15 is 0 Å². The molecule has 4 heteroatoms. The summed E-state index contributed by atoms with van der Waals surface area (Å²) in [7, 11) is 1.67. The van der Waals surface area contributed by atoms with Crippen molar-refractivity contribution in [1.82, 2.24) is 0 Å². The molecule has 0 heterocycles. The topological polar surface area (TPSA) is 44.5 Å². The Morgan fingerprint density at radius 2 is 1.91 bits per heavy atom. The zero-order chi connectivity index (χ0) is 16.8. The van der Waals surface area contributed by atoms with Crippen LogP contribution in [0.25, 0.3) is 0 Å². The van der Waals surface area contributed by atoms with E-state index in [9.17, 15) is 0 Å². The molecule has 0 spiro atoms. The summed E-state index contributed by atoms with van der Waals surface area (Å²) in [6.45, 7) is 4.53. The Balaban J connectivity index is 2.16. The summed E-state index contributed by atoms with van der Waals surface area (Å²) in [4.78, 5) is 0. The van der Waals surface area contributed by atoms with Gasteiger partial charge < -0.3 is 15.2 Å². The molecule has 2 rings (SSSR count). The summed E-state index contributed by atoms with van der Waals surface area (Å²) >= 11 is 6.32. The quantitative estimate of drug-likeness (QED) is 0.815. The maximum absolute atomic E-state index is 6.32. The van der Waals surface area contributed by atoms with E-state index in [1.165, 1.54) is 5.56 Å². The summed E-state index contributed by atoms with van der Waals surface area (Å²) in [5.74, 6) is 1.79. The van der Waals surface area contributed by atoms with Crippen LogP contribution in [0.2, 0.25) is 5.02 Å². The van der Waals surface area contributed by atoms with Gasteiger partial charge in [-0.15, -0.1) is 0 Å². The Bertz CT molecular complexity index is 643. The van der Waals surface area contributed by atoms with Crippen LogP contribution < -0.4 is 15.2 Å². The van der Waals surface area contributed by atoms with Gasteiger partial charge in [-0.1, -0.05) is 29.8 Å². The van der Waals surface area contributed by atoms with E-state index in [2.05, 4.69) is 6.07 Å². The molecule has 1 unspecified atom stereocenters. The van der Waals surface area contributed by atoms with Crippen LogP contribution >= 0.6 is 11.6 Å². The largest absolute Gasteiger partial charge is 0.497 e. The van der Waals surface area contributed by atoms with Gasteiger partial charge in [-0.05, 0) is 62.2 Å². The zero-order valence-corrected chi connectivity index (χ0v) is 14.6. The fourth-order valence-electron chi connectivity index (χ4n) is 2.54. The lowest BCUT2D eigenvalue weighted by atomic mass is 9.92. The van der Waals surface area contributed by atoms with E-state index in [0.717, 1.165) is 23.5 Å². The van der Waals surface area contributed by atoms with E-state index in [1.54, 1.807) is 7.11 Å². The molecular formula is C19H24ClNO2. The van der Waals surface area contributed by atoms with Gasteiger partial charge in [0.05, 0.1) is 18.2 Å². The molecule has 0 aromatic heterocycles. The van der Waals surface area contributed by atoms with Gasteiger partial charge in [-0.25, -0.2) is 0 Å². The number of methoxy groups -OCH3 is 1. The third-order valence-corrected chi connectivity index (χ3v) is 3.99. The molecule has 0 fully saturated rings.